The van der Waals surface area contributed by atoms with Crippen LogP contribution in [-0.4, -0.2) is 24.2 Å². The monoisotopic (exact) mass is 307 g/mol. The lowest BCUT2D eigenvalue weighted by molar-refractivity contribution is 0.0902. The largest absolute Gasteiger partial charge is 0.494 e. The number of hydrogen-bond donors (Lipinski definition) is 2. The molecule has 0 spiro atoms. The van der Waals surface area contributed by atoms with Gasteiger partial charge in [0, 0.05) is 18.0 Å². The molecule has 0 bridgehead atoms. The first-order valence-corrected chi connectivity index (χ1v) is 6.87. The summed E-state index contributed by atoms with van der Waals surface area (Å²) in [6, 6.07) is 6.96. The van der Waals surface area contributed by atoms with Crippen molar-refractivity contribution in [2.45, 2.75) is 25.5 Å². The molecule has 0 aliphatic rings. The number of carbonyl (C=O) groups excluding carboxylic acids is 1. The van der Waals surface area contributed by atoms with Crippen LogP contribution in [0.15, 0.2) is 41.0 Å². The molecule has 0 radical (unpaired) electrons. The van der Waals surface area contributed by atoms with E-state index in [0.29, 0.717) is 12.2 Å². The third kappa shape index (κ3) is 3.85. The van der Waals surface area contributed by atoms with Gasteiger partial charge in [-0.25, -0.2) is 4.39 Å². The van der Waals surface area contributed by atoms with Crippen molar-refractivity contribution in [3.8, 4) is 5.75 Å². The Morgan fingerprint density at radius 3 is 2.86 bits per heavy atom. The van der Waals surface area contributed by atoms with Gasteiger partial charge in [-0.2, -0.15) is 0 Å². The Kier molecular flexibility index (Phi) is 5.16. The molecule has 6 heteroatoms. The zero-order valence-electron chi connectivity index (χ0n) is 12.4. The number of nitrogens with one attached hydrogen (secondary N) is 1. The van der Waals surface area contributed by atoms with Crippen molar-refractivity contribution < 1.29 is 23.4 Å². The molecule has 1 aromatic heterocycles. The summed E-state index contributed by atoms with van der Waals surface area (Å²) in [4.78, 5) is 12.1. The Morgan fingerprint density at radius 1 is 1.45 bits per heavy atom. The minimum Gasteiger partial charge on any atom is -0.494 e. The van der Waals surface area contributed by atoms with Crippen LogP contribution in [0, 0.1) is 5.82 Å². The van der Waals surface area contributed by atoms with Gasteiger partial charge in [-0.3, -0.25) is 4.79 Å². The van der Waals surface area contributed by atoms with E-state index in [4.69, 9.17) is 9.15 Å². The standard InChI is InChI=1S/C16H18FNO4/c1-10(8-13(19)14-4-3-7-22-14)18-16(20)11-5-6-12(17)15(9-11)21-2/h3-7,9-10,13,19H,8H2,1-2H3,(H,18,20)/t10-,13+/m1/s1. The molecule has 0 unspecified atom stereocenters. The van der Waals surface area contributed by atoms with Crippen molar-refractivity contribution in [1.82, 2.24) is 5.32 Å². The Bertz CT molecular complexity index is 627. The SMILES string of the molecule is COc1cc(C(=O)N[C@H](C)C[C@H](O)c2ccco2)ccc1F. The van der Waals surface area contributed by atoms with E-state index in [2.05, 4.69) is 5.32 Å². The van der Waals surface area contributed by atoms with E-state index in [1.807, 2.05) is 0 Å². The molecule has 2 aromatic rings. The number of ether oxygens (including phenoxy) is 1. The predicted octanol–water partition coefficient (Wildman–Crippen LogP) is 2.67. The number of methoxy groups -OCH3 is 1. The Labute approximate surface area is 127 Å². The Hall–Kier alpha value is -2.34. The van der Waals surface area contributed by atoms with E-state index in [1.54, 1.807) is 19.1 Å². The fraction of sp³-hybridized carbons (Fsp3) is 0.312. The van der Waals surface area contributed by atoms with Gasteiger partial charge < -0.3 is 19.6 Å². The molecule has 2 rings (SSSR count). The maximum atomic E-state index is 13.3. The number of aliphatic hydroxyl groups is 1. The number of carbonyl (C=O) groups is 1. The van der Waals surface area contributed by atoms with Crippen LogP contribution in [0.2, 0.25) is 0 Å². The van der Waals surface area contributed by atoms with Gasteiger partial charge in [0.1, 0.15) is 11.9 Å². The molecule has 0 aliphatic heterocycles. The number of rotatable bonds is 6. The van der Waals surface area contributed by atoms with Gasteiger partial charge in [0.2, 0.25) is 0 Å². The van der Waals surface area contributed by atoms with Gasteiger partial charge in [-0.05, 0) is 37.3 Å². The zero-order valence-corrected chi connectivity index (χ0v) is 12.4. The molecule has 0 saturated heterocycles. The van der Waals surface area contributed by atoms with Crippen molar-refractivity contribution in [3.05, 3.63) is 53.7 Å². The highest BCUT2D eigenvalue weighted by molar-refractivity contribution is 5.94. The van der Waals surface area contributed by atoms with Crippen molar-refractivity contribution in [1.29, 1.82) is 0 Å². The van der Waals surface area contributed by atoms with Gasteiger partial charge in [0.05, 0.1) is 13.4 Å². The van der Waals surface area contributed by atoms with Gasteiger partial charge in [-0.15, -0.1) is 0 Å². The Morgan fingerprint density at radius 2 is 2.23 bits per heavy atom. The molecular formula is C16H18FNO4. The van der Waals surface area contributed by atoms with Crippen LogP contribution in [0.3, 0.4) is 0 Å². The molecule has 0 fully saturated rings. The smallest absolute Gasteiger partial charge is 0.251 e. The zero-order chi connectivity index (χ0) is 16.1. The van der Waals surface area contributed by atoms with E-state index in [0.717, 1.165) is 0 Å². The second-order valence-electron chi connectivity index (χ2n) is 4.99. The summed E-state index contributed by atoms with van der Waals surface area (Å²) in [6.07, 6.45) is 0.984. The average molecular weight is 307 g/mol. The van der Waals surface area contributed by atoms with Crippen molar-refractivity contribution in [3.63, 3.8) is 0 Å². The van der Waals surface area contributed by atoms with Crippen molar-refractivity contribution >= 4 is 5.91 Å². The van der Waals surface area contributed by atoms with E-state index >= 15 is 0 Å². The van der Waals surface area contributed by atoms with Gasteiger partial charge >= 0.3 is 0 Å². The fourth-order valence-electron chi connectivity index (χ4n) is 2.10. The van der Waals surface area contributed by atoms with Crippen LogP contribution < -0.4 is 10.1 Å². The first-order valence-electron chi connectivity index (χ1n) is 6.87. The molecule has 5 nitrogen and oxygen atoms in total. The molecule has 118 valence electrons. The van der Waals surface area contributed by atoms with E-state index < -0.39 is 11.9 Å². The normalized spacial score (nSPS) is 13.5. The molecule has 2 N–H and O–H groups in total. The van der Waals surface area contributed by atoms with E-state index in [-0.39, 0.29) is 23.3 Å². The summed E-state index contributed by atoms with van der Waals surface area (Å²) in [5.74, 6) is -0.432. The lowest BCUT2D eigenvalue weighted by Crippen LogP contribution is -2.33. The third-order valence-electron chi connectivity index (χ3n) is 3.24. The number of hydrogen-bond acceptors (Lipinski definition) is 4. The highest BCUT2D eigenvalue weighted by atomic mass is 19.1. The Balaban J connectivity index is 1.96. The highest BCUT2D eigenvalue weighted by Gasteiger charge is 2.17. The summed E-state index contributed by atoms with van der Waals surface area (Å²) in [5.41, 5.74) is 0.289. The van der Waals surface area contributed by atoms with Gasteiger partial charge in [-0.1, -0.05) is 0 Å². The first-order chi connectivity index (χ1) is 10.5. The molecule has 22 heavy (non-hydrogen) atoms. The van der Waals surface area contributed by atoms with Crippen molar-refractivity contribution in [2.24, 2.45) is 0 Å². The molecule has 1 amide bonds. The molecule has 1 aromatic carbocycles. The van der Waals surface area contributed by atoms with Crippen LogP contribution in [0.25, 0.3) is 0 Å². The summed E-state index contributed by atoms with van der Waals surface area (Å²) in [7, 11) is 1.34. The number of benzene rings is 1. The number of amides is 1. The molecule has 0 saturated carbocycles. The maximum absolute atomic E-state index is 13.3. The number of furan rings is 1. The molecular weight excluding hydrogens is 289 g/mol. The van der Waals surface area contributed by atoms with Crippen LogP contribution in [0.1, 0.15) is 35.6 Å². The third-order valence-corrected chi connectivity index (χ3v) is 3.24. The lowest BCUT2D eigenvalue weighted by Gasteiger charge is -2.17. The topological polar surface area (TPSA) is 71.7 Å². The minimum absolute atomic E-state index is 0.0101. The van der Waals surface area contributed by atoms with Crippen LogP contribution in [0.5, 0.6) is 5.75 Å². The van der Waals surface area contributed by atoms with Crippen LogP contribution >= 0.6 is 0 Å². The number of halogens is 1. The minimum atomic E-state index is -0.798. The average Bonchev–Trinajstić information content (AvgIpc) is 3.01. The van der Waals surface area contributed by atoms with Gasteiger partial charge in [0.25, 0.3) is 5.91 Å². The molecule has 1 heterocycles. The number of aliphatic hydroxyl groups excluding tert-OH is 1. The predicted molar refractivity (Wildman–Crippen MR) is 78.2 cm³/mol. The highest BCUT2D eigenvalue weighted by Crippen LogP contribution is 2.20. The summed E-state index contributed by atoms with van der Waals surface area (Å²) in [5, 5.41) is 12.7. The summed E-state index contributed by atoms with van der Waals surface area (Å²) >= 11 is 0. The molecule has 0 aliphatic carbocycles. The quantitative estimate of drug-likeness (QED) is 0.860. The van der Waals surface area contributed by atoms with E-state index in [9.17, 15) is 14.3 Å². The molecule has 2 atom stereocenters. The fourth-order valence-corrected chi connectivity index (χ4v) is 2.10. The van der Waals surface area contributed by atoms with E-state index in [1.165, 1.54) is 31.6 Å². The van der Waals surface area contributed by atoms with Gasteiger partial charge in [0.15, 0.2) is 11.6 Å². The first kappa shape index (κ1) is 16.0. The van der Waals surface area contributed by atoms with Crippen LogP contribution in [0.4, 0.5) is 4.39 Å². The summed E-state index contributed by atoms with van der Waals surface area (Å²) < 4.78 is 23.3. The second kappa shape index (κ2) is 7.09. The second-order valence-corrected chi connectivity index (χ2v) is 4.99. The van der Waals surface area contributed by atoms with Crippen molar-refractivity contribution in [2.75, 3.05) is 7.11 Å². The maximum Gasteiger partial charge on any atom is 0.251 e. The lowest BCUT2D eigenvalue weighted by atomic mass is 10.1. The summed E-state index contributed by atoms with van der Waals surface area (Å²) in [6.45, 7) is 1.77. The van der Waals surface area contributed by atoms with Crippen LogP contribution in [-0.2, 0) is 0 Å².